The minimum absolute atomic E-state index is 0.418. The molecule has 1 saturated carbocycles. The van der Waals surface area contributed by atoms with Crippen LogP contribution in [0.5, 0.6) is 0 Å². The number of anilines is 1. The number of aromatic nitrogens is 2. The lowest BCUT2D eigenvalue weighted by Gasteiger charge is -2.45. The molecular weight excluding hydrogens is 210 g/mol. The molecule has 2 N–H and O–H groups in total. The van der Waals surface area contributed by atoms with E-state index in [9.17, 15) is 0 Å². The molecule has 0 aromatic carbocycles. The van der Waals surface area contributed by atoms with Crippen LogP contribution >= 0.6 is 0 Å². The van der Waals surface area contributed by atoms with Crippen LogP contribution in [0.3, 0.4) is 0 Å². The fourth-order valence-corrected chi connectivity index (χ4v) is 3.63. The quantitative estimate of drug-likeness (QED) is 0.820. The Hall–Kier alpha value is -0.990. The van der Waals surface area contributed by atoms with Gasteiger partial charge in [-0.05, 0) is 37.0 Å². The van der Waals surface area contributed by atoms with E-state index in [1.54, 1.807) is 0 Å². The Kier molecular flexibility index (Phi) is 2.96. The summed E-state index contributed by atoms with van der Waals surface area (Å²) in [6.45, 7) is 11.5. The topological polar surface area (TPSA) is 40.7 Å². The lowest BCUT2D eigenvalue weighted by molar-refractivity contribution is 0.105. The summed E-state index contributed by atoms with van der Waals surface area (Å²) >= 11 is 0. The molecule has 0 atom stereocenters. The van der Waals surface area contributed by atoms with Crippen molar-refractivity contribution in [2.24, 2.45) is 10.8 Å². The molecule has 0 radical (unpaired) electrons. The van der Waals surface area contributed by atoms with Crippen LogP contribution < -0.4 is 5.32 Å². The molecule has 1 aromatic rings. The van der Waals surface area contributed by atoms with Gasteiger partial charge in [-0.1, -0.05) is 27.7 Å². The summed E-state index contributed by atoms with van der Waals surface area (Å²) in [5.74, 6) is 0.918. The van der Waals surface area contributed by atoms with Gasteiger partial charge in [0.2, 0.25) is 5.95 Å². The third-order valence-electron chi connectivity index (χ3n) is 3.60. The summed E-state index contributed by atoms with van der Waals surface area (Å²) in [7, 11) is 0. The third kappa shape index (κ3) is 3.24. The van der Waals surface area contributed by atoms with Crippen molar-refractivity contribution in [3.8, 4) is 0 Å². The summed E-state index contributed by atoms with van der Waals surface area (Å²) in [4.78, 5) is 7.59. The molecule has 1 aromatic heterocycles. The summed E-state index contributed by atoms with van der Waals surface area (Å²) in [6.07, 6.45) is 5.61. The maximum Gasteiger partial charge on any atom is 0.200 e. The van der Waals surface area contributed by atoms with Crippen LogP contribution in [0.15, 0.2) is 6.20 Å². The van der Waals surface area contributed by atoms with Crippen molar-refractivity contribution in [1.82, 2.24) is 9.97 Å². The fourth-order valence-electron chi connectivity index (χ4n) is 3.63. The van der Waals surface area contributed by atoms with Crippen LogP contribution in [0.25, 0.3) is 0 Å². The molecule has 1 aliphatic rings. The molecule has 2 rings (SSSR count). The van der Waals surface area contributed by atoms with Gasteiger partial charge in [-0.25, -0.2) is 4.98 Å². The number of hydrogen-bond acceptors (Lipinski definition) is 2. The van der Waals surface area contributed by atoms with Gasteiger partial charge >= 0.3 is 0 Å². The highest BCUT2D eigenvalue weighted by molar-refractivity contribution is 5.28. The third-order valence-corrected chi connectivity index (χ3v) is 3.60. The molecule has 3 heteroatoms. The second-order valence-electron chi connectivity index (χ2n) is 7.17. The van der Waals surface area contributed by atoms with Gasteiger partial charge in [-0.15, -0.1) is 0 Å². The van der Waals surface area contributed by atoms with Crippen molar-refractivity contribution in [2.45, 2.75) is 59.9 Å². The Bertz CT molecular complexity index is 374. The van der Waals surface area contributed by atoms with Crippen molar-refractivity contribution < 1.29 is 0 Å². The number of hydrogen-bond donors (Lipinski definition) is 2. The number of nitrogens with zero attached hydrogens (tertiary/aromatic N) is 1. The standard InChI is InChI=1S/C14H25N3/c1-10-8-15-12(16-10)17-11-6-13(2,3)9-14(4,5)7-11/h8,11H,6-7,9H2,1-5H3,(H2,15,16,17). The molecule has 3 nitrogen and oxygen atoms in total. The van der Waals surface area contributed by atoms with Crippen LogP contribution in [0, 0.1) is 17.8 Å². The maximum absolute atomic E-state index is 4.34. The number of rotatable bonds is 2. The smallest absolute Gasteiger partial charge is 0.200 e. The molecule has 0 spiro atoms. The zero-order valence-electron chi connectivity index (χ0n) is 11.7. The number of H-pyrrole nitrogens is 1. The maximum atomic E-state index is 4.34. The molecule has 1 heterocycles. The molecular formula is C14H25N3. The van der Waals surface area contributed by atoms with Gasteiger partial charge in [0.15, 0.2) is 0 Å². The van der Waals surface area contributed by atoms with Gasteiger partial charge in [-0.3, -0.25) is 0 Å². The van der Waals surface area contributed by atoms with E-state index < -0.39 is 0 Å². The first-order chi connectivity index (χ1) is 7.76. The molecule has 0 bridgehead atoms. The van der Waals surface area contributed by atoms with Gasteiger partial charge in [0, 0.05) is 17.9 Å². The molecule has 0 amide bonds. The van der Waals surface area contributed by atoms with Gasteiger partial charge in [0.1, 0.15) is 0 Å². The molecule has 1 aliphatic carbocycles. The molecule has 0 unspecified atom stereocenters. The summed E-state index contributed by atoms with van der Waals surface area (Å²) < 4.78 is 0. The van der Waals surface area contributed by atoms with Crippen molar-refractivity contribution in [3.63, 3.8) is 0 Å². The summed E-state index contributed by atoms with van der Waals surface area (Å²) in [5, 5.41) is 3.55. The molecule has 0 aliphatic heterocycles. The predicted octanol–water partition coefficient (Wildman–Crippen LogP) is 3.73. The normalized spacial score (nSPS) is 23.6. The first-order valence-electron chi connectivity index (χ1n) is 6.54. The predicted molar refractivity (Wildman–Crippen MR) is 72.1 cm³/mol. The second-order valence-corrected chi connectivity index (χ2v) is 7.17. The van der Waals surface area contributed by atoms with Crippen molar-refractivity contribution in [3.05, 3.63) is 11.9 Å². The fraction of sp³-hybridized carbons (Fsp3) is 0.786. The van der Waals surface area contributed by atoms with E-state index in [0.717, 1.165) is 11.6 Å². The van der Waals surface area contributed by atoms with Crippen molar-refractivity contribution >= 4 is 5.95 Å². The highest BCUT2D eigenvalue weighted by Gasteiger charge is 2.38. The molecule has 96 valence electrons. The lowest BCUT2D eigenvalue weighted by Crippen LogP contribution is -2.40. The van der Waals surface area contributed by atoms with Crippen molar-refractivity contribution in [2.75, 3.05) is 5.32 Å². The van der Waals surface area contributed by atoms with Crippen LogP contribution in [0.1, 0.15) is 52.7 Å². The minimum Gasteiger partial charge on any atom is -0.353 e. The zero-order chi connectivity index (χ0) is 12.7. The SMILES string of the molecule is Cc1cnc(NC2CC(C)(C)CC(C)(C)C2)[nH]1. The van der Waals surface area contributed by atoms with E-state index in [4.69, 9.17) is 0 Å². The average Bonchev–Trinajstić information content (AvgIpc) is 2.44. The number of aryl methyl sites for hydroxylation is 1. The first kappa shape index (κ1) is 12.5. The summed E-state index contributed by atoms with van der Waals surface area (Å²) in [5.41, 5.74) is 1.95. The van der Waals surface area contributed by atoms with E-state index >= 15 is 0 Å². The minimum atomic E-state index is 0.418. The monoisotopic (exact) mass is 235 g/mol. The zero-order valence-corrected chi connectivity index (χ0v) is 11.7. The van der Waals surface area contributed by atoms with E-state index in [2.05, 4.69) is 43.0 Å². The van der Waals surface area contributed by atoms with Crippen LogP contribution in [-0.4, -0.2) is 16.0 Å². The number of aromatic amines is 1. The van der Waals surface area contributed by atoms with Gasteiger partial charge in [0.25, 0.3) is 0 Å². The Morgan fingerprint density at radius 3 is 2.29 bits per heavy atom. The highest BCUT2D eigenvalue weighted by Crippen LogP contribution is 2.46. The second kappa shape index (κ2) is 4.04. The highest BCUT2D eigenvalue weighted by atomic mass is 15.1. The molecule has 0 saturated heterocycles. The van der Waals surface area contributed by atoms with Crippen LogP contribution in [0.2, 0.25) is 0 Å². The van der Waals surface area contributed by atoms with E-state index in [1.165, 1.54) is 19.3 Å². The van der Waals surface area contributed by atoms with Crippen molar-refractivity contribution in [1.29, 1.82) is 0 Å². The van der Waals surface area contributed by atoms with Gasteiger partial charge in [-0.2, -0.15) is 0 Å². The summed E-state index contributed by atoms with van der Waals surface area (Å²) in [6, 6.07) is 0.527. The van der Waals surface area contributed by atoms with E-state index in [0.29, 0.717) is 16.9 Å². The van der Waals surface area contributed by atoms with E-state index in [-0.39, 0.29) is 0 Å². The number of imidazole rings is 1. The Morgan fingerprint density at radius 2 is 1.82 bits per heavy atom. The Morgan fingerprint density at radius 1 is 1.24 bits per heavy atom. The largest absolute Gasteiger partial charge is 0.353 e. The molecule has 1 fully saturated rings. The van der Waals surface area contributed by atoms with Gasteiger partial charge < -0.3 is 10.3 Å². The lowest BCUT2D eigenvalue weighted by atomic mass is 9.63. The number of nitrogens with one attached hydrogen (secondary N) is 2. The van der Waals surface area contributed by atoms with E-state index in [1.807, 2.05) is 13.1 Å². The van der Waals surface area contributed by atoms with Crippen LogP contribution in [-0.2, 0) is 0 Å². The van der Waals surface area contributed by atoms with Crippen LogP contribution in [0.4, 0.5) is 5.95 Å². The average molecular weight is 235 g/mol. The Balaban J connectivity index is 2.06. The molecule has 17 heavy (non-hydrogen) atoms. The van der Waals surface area contributed by atoms with Gasteiger partial charge in [0.05, 0.1) is 0 Å². The Labute approximate surface area is 104 Å². The first-order valence-corrected chi connectivity index (χ1v) is 6.54.